The van der Waals surface area contributed by atoms with E-state index in [0.29, 0.717) is 0 Å². The third-order valence-corrected chi connectivity index (χ3v) is 3.12. The van der Waals surface area contributed by atoms with Crippen molar-refractivity contribution in [2.75, 3.05) is 0 Å². The van der Waals surface area contributed by atoms with E-state index in [1.165, 1.54) is 11.1 Å². The molecule has 2 heteroatoms. The molecule has 0 saturated carbocycles. The number of aromatic nitrogens is 2. The summed E-state index contributed by atoms with van der Waals surface area (Å²) < 4.78 is 0. The van der Waals surface area contributed by atoms with E-state index in [-0.39, 0.29) is 10.8 Å². The molecule has 0 aliphatic heterocycles. The second-order valence-electron chi connectivity index (χ2n) is 6.89. The molecular formula is C15H22N2. The van der Waals surface area contributed by atoms with Crippen molar-refractivity contribution >= 4 is 5.57 Å². The molecule has 0 aromatic carbocycles. The fourth-order valence-electron chi connectivity index (χ4n) is 2.12. The Balaban J connectivity index is 2.50. The number of allylic oxidation sites excluding steroid dienone is 2. The molecule has 0 bridgehead atoms. The summed E-state index contributed by atoms with van der Waals surface area (Å²) in [6, 6.07) is 0. The summed E-state index contributed by atoms with van der Waals surface area (Å²) >= 11 is 0. The molecule has 2 nitrogen and oxygen atoms in total. The monoisotopic (exact) mass is 230 g/mol. The first-order valence-corrected chi connectivity index (χ1v) is 6.27. The minimum Gasteiger partial charge on any atom is -0.240 e. The summed E-state index contributed by atoms with van der Waals surface area (Å²) in [4.78, 5) is 9.29. The maximum absolute atomic E-state index is 4.79. The van der Waals surface area contributed by atoms with Crippen LogP contribution in [-0.4, -0.2) is 9.97 Å². The van der Waals surface area contributed by atoms with E-state index in [1.807, 2.05) is 6.20 Å². The highest BCUT2D eigenvalue weighted by Gasteiger charge is 2.28. The Labute approximate surface area is 104 Å². The van der Waals surface area contributed by atoms with Crippen molar-refractivity contribution in [1.29, 1.82) is 0 Å². The summed E-state index contributed by atoms with van der Waals surface area (Å²) in [6.07, 6.45) is 5.27. The quantitative estimate of drug-likeness (QED) is 0.678. The standard InChI is InChI=1S/C15H22N2/c1-14(2,3)11-8-7-10-9-16-13(15(4,5)6)17-12(10)11/h8-9H,7H2,1-6H3. The molecule has 0 fully saturated rings. The van der Waals surface area contributed by atoms with Gasteiger partial charge in [-0.25, -0.2) is 9.97 Å². The lowest BCUT2D eigenvalue weighted by atomic mass is 9.85. The van der Waals surface area contributed by atoms with Gasteiger partial charge in [0.05, 0.1) is 5.69 Å². The second-order valence-corrected chi connectivity index (χ2v) is 6.89. The first-order chi connectivity index (χ1) is 7.69. The van der Waals surface area contributed by atoms with E-state index >= 15 is 0 Å². The number of hydrogen-bond acceptors (Lipinski definition) is 2. The lowest BCUT2D eigenvalue weighted by Crippen LogP contribution is -2.18. The summed E-state index contributed by atoms with van der Waals surface area (Å²) in [6.45, 7) is 13.2. The lowest BCUT2D eigenvalue weighted by molar-refractivity contribution is 0.537. The Morgan fingerprint density at radius 1 is 1.00 bits per heavy atom. The molecule has 1 heterocycles. The second kappa shape index (κ2) is 3.66. The van der Waals surface area contributed by atoms with Gasteiger partial charge < -0.3 is 0 Å². The first-order valence-electron chi connectivity index (χ1n) is 6.27. The van der Waals surface area contributed by atoms with Crippen LogP contribution < -0.4 is 0 Å². The fraction of sp³-hybridized carbons (Fsp3) is 0.600. The Kier molecular flexibility index (Phi) is 2.64. The Morgan fingerprint density at radius 2 is 1.65 bits per heavy atom. The minimum atomic E-state index is 0.0145. The molecule has 0 atom stereocenters. The van der Waals surface area contributed by atoms with Crippen molar-refractivity contribution in [1.82, 2.24) is 9.97 Å². The van der Waals surface area contributed by atoms with Gasteiger partial charge in [-0.15, -0.1) is 0 Å². The fourth-order valence-corrected chi connectivity index (χ4v) is 2.12. The van der Waals surface area contributed by atoms with E-state index in [2.05, 4.69) is 52.6 Å². The van der Waals surface area contributed by atoms with Gasteiger partial charge in [-0.3, -0.25) is 0 Å². The molecule has 92 valence electrons. The zero-order valence-corrected chi connectivity index (χ0v) is 11.8. The van der Waals surface area contributed by atoms with Crippen LogP contribution in [0.5, 0.6) is 0 Å². The maximum atomic E-state index is 4.79. The number of rotatable bonds is 0. The van der Waals surface area contributed by atoms with Gasteiger partial charge >= 0.3 is 0 Å². The van der Waals surface area contributed by atoms with Gasteiger partial charge in [0.25, 0.3) is 0 Å². The van der Waals surface area contributed by atoms with Crippen LogP contribution in [0.15, 0.2) is 12.3 Å². The highest BCUT2D eigenvalue weighted by molar-refractivity contribution is 5.73. The van der Waals surface area contributed by atoms with Gasteiger partial charge in [0.2, 0.25) is 0 Å². The SMILES string of the molecule is CC(C)(C)C1=CCc2cnc(C(C)(C)C)nc21. The normalized spacial score (nSPS) is 15.8. The van der Waals surface area contributed by atoms with Crippen LogP contribution in [0.1, 0.15) is 58.6 Å². The zero-order valence-electron chi connectivity index (χ0n) is 11.8. The lowest BCUT2D eigenvalue weighted by Gasteiger charge is -2.23. The molecule has 0 radical (unpaired) electrons. The average Bonchev–Trinajstić information content (AvgIpc) is 2.57. The summed E-state index contributed by atoms with van der Waals surface area (Å²) in [5, 5.41) is 0. The summed E-state index contributed by atoms with van der Waals surface area (Å²) in [7, 11) is 0. The summed E-state index contributed by atoms with van der Waals surface area (Å²) in [5.74, 6) is 0.938. The van der Waals surface area contributed by atoms with Crippen molar-refractivity contribution in [2.45, 2.75) is 53.4 Å². The molecule has 0 N–H and O–H groups in total. The molecule has 2 rings (SSSR count). The van der Waals surface area contributed by atoms with Crippen molar-refractivity contribution in [3.8, 4) is 0 Å². The molecule has 1 aliphatic carbocycles. The van der Waals surface area contributed by atoms with Crippen molar-refractivity contribution in [2.24, 2.45) is 5.41 Å². The Morgan fingerprint density at radius 3 is 2.18 bits per heavy atom. The maximum Gasteiger partial charge on any atom is 0.134 e. The zero-order chi connectivity index (χ0) is 12.8. The molecule has 1 aromatic rings. The van der Waals surface area contributed by atoms with Gasteiger partial charge in [0.15, 0.2) is 0 Å². The van der Waals surface area contributed by atoms with Crippen LogP contribution in [0, 0.1) is 5.41 Å². The highest BCUT2D eigenvalue weighted by atomic mass is 14.9. The van der Waals surface area contributed by atoms with Gasteiger partial charge in [0.1, 0.15) is 5.82 Å². The van der Waals surface area contributed by atoms with Crippen LogP contribution in [0.3, 0.4) is 0 Å². The van der Waals surface area contributed by atoms with Crippen LogP contribution in [-0.2, 0) is 11.8 Å². The van der Waals surface area contributed by atoms with Gasteiger partial charge in [-0.2, -0.15) is 0 Å². The third kappa shape index (κ3) is 2.26. The highest BCUT2D eigenvalue weighted by Crippen LogP contribution is 2.39. The molecule has 17 heavy (non-hydrogen) atoms. The number of nitrogens with zero attached hydrogens (tertiary/aromatic N) is 2. The van der Waals surface area contributed by atoms with Crippen LogP contribution in [0.25, 0.3) is 5.57 Å². The van der Waals surface area contributed by atoms with Gasteiger partial charge in [-0.05, 0) is 17.4 Å². The van der Waals surface area contributed by atoms with Crippen molar-refractivity contribution < 1.29 is 0 Å². The Hall–Kier alpha value is -1.18. The molecule has 1 aromatic heterocycles. The van der Waals surface area contributed by atoms with Gasteiger partial charge in [-0.1, -0.05) is 47.6 Å². The van der Waals surface area contributed by atoms with Crippen LogP contribution in [0.2, 0.25) is 0 Å². The van der Waals surface area contributed by atoms with E-state index in [1.54, 1.807) is 0 Å². The topological polar surface area (TPSA) is 25.8 Å². The molecular weight excluding hydrogens is 208 g/mol. The summed E-state index contributed by atoms with van der Waals surface area (Å²) in [5.41, 5.74) is 3.97. The van der Waals surface area contributed by atoms with Crippen molar-refractivity contribution in [3.05, 3.63) is 29.4 Å². The van der Waals surface area contributed by atoms with Crippen LogP contribution >= 0.6 is 0 Å². The largest absolute Gasteiger partial charge is 0.240 e. The van der Waals surface area contributed by atoms with Crippen LogP contribution in [0.4, 0.5) is 0 Å². The smallest absolute Gasteiger partial charge is 0.134 e. The molecule has 0 unspecified atom stereocenters. The van der Waals surface area contributed by atoms with Gasteiger partial charge in [0, 0.05) is 17.2 Å². The van der Waals surface area contributed by atoms with E-state index in [4.69, 9.17) is 4.98 Å². The molecule has 0 spiro atoms. The number of hydrogen-bond donors (Lipinski definition) is 0. The van der Waals surface area contributed by atoms with E-state index in [0.717, 1.165) is 17.9 Å². The molecule has 0 amide bonds. The average molecular weight is 230 g/mol. The van der Waals surface area contributed by atoms with E-state index < -0.39 is 0 Å². The predicted octanol–water partition coefficient (Wildman–Crippen LogP) is 3.76. The van der Waals surface area contributed by atoms with E-state index in [9.17, 15) is 0 Å². The predicted molar refractivity (Wildman–Crippen MR) is 71.9 cm³/mol. The first kappa shape index (κ1) is 12.3. The molecule has 0 saturated heterocycles. The minimum absolute atomic E-state index is 0.0145. The molecule has 1 aliphatic rings. The Bertz CT molecular complexity index is 471. The third-order valence-electron chi connectivity index (χ3n) is 3.12. The van der Waals surface area contributed by atoms with Crippen molar-refractivity contribution in [3.63, 3.8) is 0 Å². The number of fused-ring (bicyclic) bond motifs is 1.